The molecule has 0 amide bonds. The number of fused-ring (bicyclic) bond motifs is 6. The fourth-order valence-electron chi connectivity index (χ4n) is 10.5. The molecule has 0 bridgehead atoms. The summed E-state index contributed by atoms with van der Waals surface area (Å²) in [5, 5.41) is 43.0. The highest BCUT2D eigenvalue weighted by Gasteiger charge is 2.65. The zero-order valence-electron chi connectivity index (χ0n) is 25.8. The Morgan fingerprint density at radius 2 is 1.81 bits per heavy atom. The number of hydrogen-bond acceptors (Lipinski definition) is 8. The molecule has 8 nitrogen and oxygen atoms in total. The van der Waals surface area contributed by atoms with Gasteiger partial charge in [0.05, 0.1) is 18.3 Å². The second kappa shape index (κ2) is 10.5. The molecule has 0 radical (unpaired) electrons. The van der Waals surface area contributed by atoms with E-state index in [2.05, 4.69) is 31.0 Å². The topological polar surface area (TPSA) is 130 Å². The monoisotopic (exact) mass is 590 g/mol. The van der Waals surface area contributed by atoms with Crippen LogP contribution in [0.3, 0.4) is 0 Å². The minimum absolute atomic E-state index is 0.0753. The highest BCUT2D eigenvalue weighted by atomic mass is 16.4. The molecule has 3 N–H and O–H groups in total. The highest BCUT2D eigenvalue weighted by Crippen LogP contribution is 2.68. The van der Waals surface area contributed by atoms with E-state index >= 15 is 0 Å². The van der Waals surface area contributed by atoms with Gasteiger partial charge >= 0.3 is 5.63 Å². The molecule has 0 saturated heterocycles. The first-order valence-electron chi connectivity index (χ1n) is 16.4. The maximum Gasteiger partial charge on any atom is 0.349 e. The number of hydrogen-bond donors (Lipinski definition) is 3. The molecule has 43 heavy (non-hydrogen) atoms. The number of aryl methyl sites for hydroxylation is 2. The van der Waals surface area contributed by atoms with Gasteiger partial charge in [-0.15, -0.1) is 10.2 Å². The molecule has 4 aliphatic carbocycles. The zero-order chi connectivity index (χ0) is 30.3. The lowest BCUT2D eigenvalue weighted by molar-refractivity contribution is -0.207. The summed E-state index contributed by atoms with van der Waals surface area (Å²) in [7, 11) is 0. The van der Waals surface area contributed by atoms with Crippen LogP contribution in [0.2, 0.25) is 0 Å². The molecule has 2 aromatic heterocycles. The molecule has 4 saturated carbocycles. The Morgan fingerprint density at radius 1 is 1.00 bits per heavy atom. The standard InChI is InChI=1S/C35H46N2O6/c1-18-5-9-28-20(13-18)14-23(33(41)42-28)32-37-36-30(43-32)10-6-19(2)24-7-8-25-31-26(17-29(40)35(24,25)4)34(3)12-11-22(38)15-21(34)16-27(31)39/h5,9,13-14,19,21-22,24-27,29,31,38-40H,6-8,10-12,15-17H2,1-4H3/t19-,21?,22-,24-,25?,26?,27-,29+,31?,34+,35-/m1/s1. The molecule has 4 fully saturated rings. The van der Waals surface area contributed by atoms with Crippen molar-refractivity contribution in [3.8, 4) is 11.5 Å². The normalized spacial score (nSPS) is 39.7. The van der Waals surface area contributed by atoms with Crippen molar-refractivity contribution < 1.29 is 24.2 Å². The van der Waals surface area contributed by atoms with E-state index in [9.17, 15) is 20.1 Å². The van der Waals surface area contributed by atoms with Crippen LogP contribution in [-0.4, -0.2) is 43.8 Å². The fourth-order valence-corrected chi connectivity index (χ4v) is 10.5. The molecule has 1 aromatic carbocycles. The van der Waals surface area contributed by atoms with Crippen molar-refractivity contribution in [2.45, 2.75) is 104 Å². The largest absolute Gasteiger partial charge is 0.422 e. The number of aliphatic hydroxyl groups excluding tert-OH is 3. The number of aromatic nitrogens is 2. The molecule has 7 rings (SSSR count). The Morgan fingerprint density at radius 3 is 2.63 bits per heavy atom. The minimum atomic E-state index is -0.496. The van der Waals surface area contributed by atoms with Gasteiger partial charge in [0.2, 0.25) is 5.89 Å². The number of nitrogens with zero attached hydrogens (tertiary/aromatic N) is 2. The van der Waals surface area contributed by atoms with Crippen LogP contribution in [0.5, 0.6) is 0 Å². The number of aliphatic hydroxyl groups is 3. The molecule has 2 heterocycles. The summed E-state index contributed by atoms with van der Waals surface area (Å²) in [6.45, 7) is 8.92. The molecule has 232 valence electrons. The van der Waals surface area contributed by atoms with E-state index < -0.39 is 11.7 Å². The van der Waals surface area contributed by atoms with Gasteiger partial charge in [0.1, 0.15) is 11.1 Å². The summed E-state index contributed by atoms with van der Waals surface area (Å²) < 4.78 is 11.5. The van der Waals surface area contributed by atoms with Crippen molar-refractivity contribution in [3.63, 3.8) is 0 Å². The third-order valence-electron chi connectivity index (χ3n) is 12.9. The van der Waals surface area contributed by atoms with E-state index in [4.69, 9.17) is 8.83 Å². The Hall–Kier alpha value is -2.55. The van der Waals surface area contributed by atoms with Crippen LogP contribution in [0.25, 0.3) is 22.4 Å². The van der Waals surface area contributed by atoms with Crippen molar-refractivity contribution in [2.24, 2.45) is 46.3 Å². The summed E-state index contributed by atoms with van der Waals surface area (Å²) in [5.41, 5.74) is 1.20. The fraction of sp³-hybridized carbons (Fsp3) is 0.686. The van der Waals surface area contributed by atoms with Crippen molar-refractivity contribution >= 4 is 11.0 Å². The molecule has 4 aliphatic rings. The Labute approximate surface area is 252 Å². The predicted molar refractivity (Wildman–Crippen MR) is 162 cm³/mol. The van der Waals surface area contributed by atoms with Gasteiger partial charge in [-0.3, -0.25) is 0 Å². The van der Waals surface area contributed by atoms with Gasteiger partial charge in [0.15, 0.2) is 0 Å². The van der Waals surface area contributed by atoms with E-state index in [1.807, 2.05) is 19.1 Å². The van der Waals surface area contributed by atoms with E-state index in [0.29, 0.717) is 47.5 Å². The lowest BCUT2D eigenvalue weighted by Crippen LogP contribution is -2.62. The minimum Gasteiger partial charge on any atom is -0.422 e. The molecular formula is C35H46N2O6. The maximum absolute atomic E-state index is 12.7. The lowest BCUT2D eigenvalue weighted by atomic mass is 9.43. The second-order valence-electron chi connectivity index (χ2n) is 15.0. The molecule has 11 atom stereocenters. The van der Waals surface area contributed by atoms with Crippen LogP contribution in [-0.2, 0) is 6.42 Å². The predicted octanol–water partition coefficient (Wildman–Crippen LogP) is 5.68. The first kappa shape index (κ1) is 29.2. The summed E-state index contributed by atoms with van der Waals surface area (Å²) in [6, 6.07) is 7.41. The quantitative estimate of drug-likeness (QED) is 0.324. The highest BCUT2D eigenvalue weighted by molar-refractivity contribution is 5.80. The molecular weight excluding hydrogens is 544 g/mol. The first-order valence-corrected chi connectivity index (χ1v) is 16.4. The molecule has 3 aromatic rings. The van der Waals surface area contributed by atoms with Crippen LogP contribution in [0, 0.1) is 53.3 Å². The van der Waals surface area contributed by atoms with Crippen LogP contribution in [0.1, 0.15) is 83.6 Å². The Kier molecular flexibility index (Phi) is 7.14. The third kappa shape index (κ3) is 4.62. The van der Waals surface area contributed by atoms with Crippen molar-refractivity contribution in [3.05, 3.63) is 46.1 Å². The van der Waals surface area contributed by atoms with Crippen LogP contribution >= 0.6 is 0 Å². The van der Waals surface area contributed by atoms with Crippen LogP contribution in [0.15, 0.2) is 37.9 Å². The van der Waals surface area contributed by atoms with Gasteiger partial charge < -0.3 is 24.2 Å². The zero-order valence-corrected chi connectivity index (χ0v) is 25.8. The van der Waals surface area contributed by atoms with E-state index in [1.54, 1.807) is 12.1 Å². The van der Waals surface area contributed by atoms with E-state index in [-0.39, 0.29) is 40.4 Å². The van der Waals surface area contributed by atoms with Crippen LogP contribution < -0.4 is 5.63 Å². The van der Waals surface area contributed by atoms with Crippen molar-refractivity contribution in [1.82, 2.24) is 10.2 Å². The third-order valence-corrected chi connectivity index (χ3v) is 12.9. The molecule has 8 heteroatoms. The van der Waals surface area contributed by atoms with E-state index in [0.717, 1.165) is 62.3 Å². The van der Waals surface area contributed by atoms with Gasteiger partial charge in [0, 0.05) is 11.8 Å². The van der Waals surface area contributed by atoms with Gasteiger partial charge in [-0.25, -0.2) is 4.79 Å². The van der Waals surface area contributed by atoms with Gasteiger partial charge in [-0.1, -0.05) is 32.4 Å². The first-order chi connectivity index (χ1) is 20.5. The summed E-state index contributed by atoms with van der Waals surface area (Å²) >= 11 is 0. The summed E-state index contributed by atoms with van der Waals surface area (Å²) in [4.78, 5) is 12.7. The molecule has 0 spiro atoms. The smallest absolute Gasteiger partial charge is 0.349 e. The number of rotatable bonds is 5. The van der Waals surface area contributed by atoms with E-state index in [1.165, 1.54) is 0 Å². The summed E-state index contributed by atoms with van der Waals surface area (Å²) in [6.07, 6.45) is 6.56. The lowest BCUT2D eigenvalue weighted by Gasteiger charge is -2.63. The van der Waals surface area contributed by atoms with Crippen molar-refractivity contribution in [2.75, 3.05) is 0 Å². The Bertz CT molecular complexity index is 1570. The van der Waals surface area contributed by atoms with Gasteiger partial charge in [-0.05, 0) is 123 Å². The molecule has 4 unspecified atom stereocenters. The van der Waals surface area contributed by atoms with Gasteiger partial charge in [0.25, 0.3) is 5.89 Å². The van der Waals surface area contributed by atoms with Crippen molar-refractivity contribution in [1.29, 1.82) is 0 Å². The SMILES string of the molecule is Cc1ccc2oc(=O)c(-c3nnc(CC[C@@H](C)[C@H]4CCC5C6C(C[C@H](O)[C@@]54C)[C@@]4(C)CC[C@@H](O)CC4C[C@H]6O)o3)cc2c1. The average molecular weight is 591 g/mol. The molecule has 0 aliphatic heterocycles. The van der Waals surface area contributed by atoms with Gasteiger partial charge in [-0.2, -0.15) is 0 Å². The average Bonchev–Trinajstić information content (AvgIpc) is 3.58. The maximum atomic E-state index is 12.7. The Balaban J connectivity index is 1.06. The summed E-state index contributed by atoms with van der Waals surface area (Å²) in [5.74, 6) is 2.44. The number of benzene rings is 1. The van der Waals surface area contributed by atoms with Crippen LogP contribution in [0.4, 0.5) is 0 Å². The second-order valence-corrected chi connectivity index (χ2v) is 15.0.